The molecule has 0 spiro atoms. The number of halogens is 4. The molecule has 0 aliphatic heterocycles. The molecular weight excluding hydrogens is 328 g/mol. The van der Waals surface area contributed by atoms with Gasteiger partial charge in [0.25, 0.3) is 11.9 Å². The highest BCUT2D eigenvalue weighted by Gasteiger charge is 2.59. The van der Waals surface area contributed by atoms with Crippen molar-refractivity contribution in [2.45, 2.75) is 31.5 Å². The first-order valence-electron chi connectivity index (χ1n) is 4.17. The summed E-state index contributed by atoms with van der Waals surface area (Å²) in [5.74, 6) is 0. The fourth-order valence-corrected chi connectivity index (χ4v) is 39.2. The van der Waals surface area contributed by atoms with Crippen LogP contribution in [0.2, 0.25) is 26.2 Å². The minimum Gasteiger partial charge on any atom is -0.331 e. The fraction of sp³-hybridized carbons (Fsp3) is 1.00. The lowest BCUT2D eigenvalue weighted by Gasteiger charge is -2.36. The summed E-state index contributed by atoms with van der Waals surface area (Å²) in [6.07, 6.45) is -2.68. The first-order chi connectivity index (χ1) is 6.05. The molecule has 9 heteroatoms. The van der Waals surface area contributed by atoms with E-state index in [9.17, 15) is 0 Å². The van der Waals surface area contributed by atoms with Crippen LogP contribution in [0, 0.1) is 0 Å². The molecule has 0 aromatic rings. The molecule has 2 radical (unpaired) electrons. The Morgan fingerprint density at radius 3 is 1.57 bits per heavy atom. The van der Waals surface area contributed by atoms with Crippen molar-refractivity contribution in [3.8, 4) is 0 Å². The second-order valence-electron chi connectivity index (χ2n) is 3.75. The second kappa shape index (κ2) is 5.55. The van der Waals surface area contributed by atoms with Gasteiger partial charge in [0.1, 0.15) is 0 Å². The largest absolute Gasteiger partial charge is 0.331 e. The molecule has 0 saturated heterocycles. The Bertz CT molecular complexity index is 198. The first kappa shape index (κ1) is 16.0. The zero-order valence-corrected chi connectivity index (χ0v) is 15.7. The second-order valence-corrected chi connectivity index (χ2v) is 37.3. The van der Waals surface area contributed by atoms with E-state index in [0.717, 1.165) is 0 Å². The van der Waals surface area contributed by atoms with Crippen LogP contribution in [-0.2, 0) is 0 Å². The van der Waals surface area contributed by atoms with Crippen LogP contribution in [0.3, 0.4) is 0 Å². The van der Waals surface area contributed by atoms with E-state index in [0.29, 0.717) is 0 Å². The topological polar surface area (TPSA) is 26.0 Å². The van der Waals surface area contributed by atoms with Crippen molar-refractivity contribution in [1.29, 1.82) is 0 Å². The van der Waals surface area contributed by atoms with Crippen LogP contribution in [0.5, 0.6) is 0 Å². The summed E-state index contributed by atoms with van der Waals surface area (Å²) in [6, 6.07) is 0. The van der Waals surface area contributed by atoms with E-state index < -0.39 is 29.1 Å². The van der Waals surface area contributed by atoms with Gasteiger partial charge in [0.15, 0.2) is 0 Å². The van der Waals surface area contributed by atoms with Crippen molar-refractivity contribution in [2.24, 2.45) is 5.73 Å². The monoisotopic (exact) mass is 341 g/mol. The van der Waals surface area contributed by atoms with Gasteiger partial charge in [0.05, 0.1) is 17.1 Å². The maximum Gasteiger partial charge on any atom is 0.283 e. The molecule has 0 bridgehead atoms. The highest BCUT2D eigenvalue weighted by atomic mass is 35.8. The van der Waals surface area contributed by atoms with Crippen molar-refractivity contribution in [3.05, 3.63) is 0 Å². The Labute approximate surface area is 110 Å². The van der Waals surface area contributed by atoms with Gasteiger partial charge in [-0.2, -0.15) is 22.2 Å². The third-order valence-corrected chi connectivity index (χ3v) is 51.5. The quantitative estimate of drug-likeness (QED) is 0.617. The summed E-state index contributed by atoms with van der Waals surface area (Å²) < 4.78 is 0. The van der Waals surface area contributed by atoms with Crippen LogP contribution in [0.4, 0.5) is 0 Å². The molecule has 0 aliphatic rings. The van der Waals surface area contributed by atoms with E-state index in [1.807, 2.05) is 0 Å². The van der Waals surface area contributed by atoms with Gasteiger partial charge in [-0.05, 0) is 0 Å². The van der Waals surface area contributed by atoms with Crippen molar-refractivity contribution < 1.29 is 0 Å². The number of rotatable bonds is 4. The van der Waals surface area contributed by atoms with E-state index in [-0.39, 0.29) is 5.29 Å². The molecule has 1 atom stereocenters. The number of hydrogen-bond acceptors (Lipinski definition) is 1. The Morgan fingerprint density at radius 2 is 1.36 bits per heavy atom. The molecule has 14 heavy (non-hydrogen) atoms. The summed E-state index contributed by atoms with van der Waals surface area (Å²) >= 11 is 25.6. The van der Waals surface area contributed by atoms with Gasteiger partial charge < -0.3 is 5.73 Å². The third-order valence-electron chi connectivity index (χ3n) is 2.06. The van der Waals surface area contributed by atoms with E-state index in [4.69, 9.17) is 50.0 Å². The van der Waals surface area contributed by atoms with Crippen molar-refractivity contribution in [2.75, 3.05) is 0 Å². The Morgan fingerprint density at radius 1 is 1.00 bits per heavy atom. The van der Waals surface area contributed by atoms with Crippen molar-refractivity contribution >= 4 is 73.4 Å². The summed E-state index contributed by atoms with van der Waals surface area (Å²) in [5, 5.41) is -0.141. The highest BCUT2D eigenvalue weighted by Crippen LogP contribution is 2.38. The van der Waals surface area contributed by atoms with E-state index in [1.165, 1.54) is 0 Å². The molecule has 0 aliphatic carbocycles. The summed E-state index contributed by atoms with van der Waals surface area (Å²) in [5.41, 5.74) is 3.53. The van der Waals surface area contributed by atoms with Gasteiger partial charge in [-0.1, -0.05) is 26.2 Å². The molecule has 84 valence electrons. The lowest BCUT2D eigenvalue weighted by molar-refractivity contribution is 1.21. The average molecular weight is 343 g/mol. The molecule has 0 saturated carbocycles. The smallest absolute Gasteiger partial charge is 0.283 e. The zero-order chi connectivity index (χ0) is 11.7. The van der Waals surface area contributed by atoms with Crippen LogP contribution >= 0.6 is 44.3 Å². The van der Waals surface area contributed by atoms with Gasteiger partial charge in [0, 0.05) is 5.29 Å². The van der Waals surface area contributed by atoms with E-state index in [2.05, 4.69) is 26.2 Å². The molecule has 2 N–H and O–H groups in total. The molecule has 1 nitrogen and oxygen atoms in total. The van der Waals surface area contributed by atoms with Gasteiger partial charge in [0.2, 0.25) is 0 Å². The molecule has 1 unspecified atom stereocenters. The first-order valence-corrected chi connectivity index (χ1v) is 19.4. The number of nitrogens with two attached hydrogens (primary N) is 1. The third kappa shape index (κ3) is 3.24. The van der Waals surface area contributed by atoms with E-state index in [1.54, 1.807) is 0 Å². The SMILES string of the molecule is C[Si](C)C(N)[Si](Cl)(Cl)[Si](Cl)(Cl)[Si](C)C. The van der Waals surface area contributed by atoms with Crippen LogP contribution in [-0.4, -0.2) is 34.3 Å². The minimum atomic E-state index is -2.68. The van der Waals surface area contributed by atoms with Crippen LogP contribution in [0.25, 0.3) is 0 Å². The average Bonchev–Trinajstić information content (AvgIpc) is 2.01. The van der Waals surface area contributed by atoms with Crippen LogP contribution in [0.1, 0.15) is 0 Å². The summed E-state index contributed by atoms with van der Waals surface area (Å²) in [7, 11) is -1.57. The lowest BCUT2D eigenvalue weighted by atomic mass is 11.5. The molecule has 0 aromatic heterocycles. The van der Waals surface area contributed by atoms with Gasteiger partial charge >= 0.3 is 0 Å². The van der Waals surface area contributed by atoms with E-state index >= 15 is 0 Å². The van der Waals surface area contributed by atoms with Crippen molar-refractivity contribution in [1.82, 2.24) is 0 Å². The van der Waals surface area contributed by atoms with Gasteiger partial charge in [-0.3, -0.25) is 0 Å². The Kier molecular flexibility index (Phi) is 6.34. The van der Waals surface area contributed by atoms with Crippen molar-refractivity contribution in [3.63, 3.8) is 0 Å². The summed E-state index contributed by atoms with van der Waals surface area (Å²) in [6.45, 7) is 8.32. The Balaban J connectivity index is 4.93. The van der Waals surface area contributed by atoms with Gasteiger partial charge in [-0.25, -0.2) is 0 Å². The molecule has 0 aromatic carbocycles. The highest BCUT2D eigenvalue weighted by molar-refractivity contribution is 8.05. The molecule has 0 heterocycles. The molecule has 0 fully saturated rings. The molecule has 0 rings (SSSR count). The maximum atomic E-state index is 6.40. The summed E-state index contributed by atoms with van der Waals surface area (Å²) in [4.78, 5) is 0. The molecule has 0 amide bonds. The van der Waals surface area contributed by atoms with Gasteiger partial charge in [-0.15, -0.1) is 22.2 Å². The Hall–Kier alpha value is 1.99. The minimum absolute atomic E-state index is 0.141. The predicted molar refractivity (Wildman–Crippen MR) is 77.9 cm³/mol. The fourth-order valence-electron chi connectivity index (χ4n) is 0.891. The number of hydrogen-bond donors (Lipinski definition) is 1. The maximum absolute atomic E-state index is 6.40. The normalized spacial score (nSPS) is 16.5. The molecular formula is C5H15Cl4NSi4. The predicted octanol–water partition coefficient (Wildman–Crippen LogP) is 2.90. The zero-order valence-electron chi connectivity index (χ0n) is 8.67. The lowest BCUT2D eigenvalue weighted by Crippen LogP contribution is -2.68. The standard InChI is InChI=1S/C5H15Cl4NSi4/c1-11(2)5(10)13(6,7)14(8,9)12(3)4/h5H,10H2,1-4H3. The van der Waals surface area contributed by atoms with Crippen LogP contribution in [0.15, 0.2) is 0 Å². The van der Waals surface area contributed by atoms with Crippen LogP contribution < -0.4 is 5.73 Å².